The van der Waals surface area contributed by atoms with Gasteiger partial charge in [-0.25, -0.2) is 0 Å². The predicted molar refractivity (Wildman–Crippen MR) is 91.9 cm³/mol. The lowest BCUT2D eigenvalue weighted by atomic mass is 10.1. The summed E-state index contributed by atoms with van der Waals surface area (Å²) in [7, 11) is 0. The minimum atomic E-state index is 0.0972. The Hall–Kier alpha value is -0.960. The van der Waals surface area contributed by atoms with Crippen molar-refractivity contribution in [2.45, 2.75) is 74.9 Å². The zero-order valence-electron chi connectivity index (χ0n) is 13.1. The highest BCUT2D eigenvalue weighted by molar-refractivity contribution is 8.01. The molecule has 0 aliphatic carbocycles. The van der Waals surface area contributed by atoms with Crippen LogP contribution in [0.2, 0.25) is 0 Å². The van der Waals surface area contributed by atoms with Crippen molar-refractivity contribution in [3.63, 3.8) is 0 Å². The van der Waals surface area contributed by atoms with Crippen LogP contribution in [0, 0.1) is 0 Å². The third-order valence-electron chi connectivity index (χ3n) is 4.03. The molecule has 1 aromatic rings. The Morgan fingerprint density at radius 3 is 2.43 bits per heavy atom. The number of fused-ring (bicyclic) bond motifs is 1. The predicted octanol–water partition coefficient (Wildman–Crippen LogP) is 5.63. The summed E-state index contributed by atoms with van der Waals surface area (Å²) in [6, 6.07) is 8.09. The normalized spacial score (nSPS) is 17.4. The van der Waals surface area contributed by atoms with Gasteiger partial charge in [0.05, 0.1) is 10.9 Å². The molecule has 0 radical (unpaired) electrons. The summed E-state index contributed by atoms with van der Waals surface area (Å²) in [6.45, 7) is 2.25. The van der Waals surface area contributed by atoms with E-state index in [4.69, 9.17) is 0 Å². The van der Waals surface area contributed by atoms with Crippen molar-refractivity contribution in [3.8, 4) is 0 Å². The maximum Gasteiger partial charge on any atom is 0.237 e. The smallest absolute Gasteiger partial charge is 0.237 e. The molecule has 2 nitrogen and oxygen atoms in total. The average molecular weight is 305 g/mol. The Morgan fingerprint density at radius 2 is 1.67 bits per heavy atom. The Morgan fingerprint density at radius 1 is 1.00 bits per heavy atom. The van der Waals surface area contributed by atoms with Gasteiger partial charge in [0.1, 0.15) is 0 Å². The van der Waals surface area contributed by atoms with Gasteiger partial charge in [0, 0.05) is 4.90 Å². The second kappa shape index (κ2) is 9.14. The molecule has 116 valence electrons. The summed E-state index contributed by atoms with van der Waals surface area (Å²) in [4.78, 5) is 13.3. The van der Waals surface area contributed by atoms with E-state index in [0.29, 0.717) is 0 Å². The summed E-state index contributed by atoms with van der Waals surface area (Å²) in [5.41, 5.74) is 0.972. The molecule has 0 spiro atoms. The molecule has 1 aromatic carbocycles. The monoisotopic (exact) mass is 305 g/mol. The molecule has 1 atom stereocenters. The molecular formula is C18H27NOS. The minimum Gasteiger partial charge on any atom is -0.324 e. The molecule has 1 unspecified atom stereocenters. The van der Waals surface area contributed by atoms with Crippen molar-refractivity contribution in [2.24, 2.45) is 0 Å². The Bertz CT molecular complexity index is 447. The summed E-state index contributed by atoms with van der Waals surface area (Å²) < 4.78 is 0. The molecular weight excluding hydrogens is 278 g/mol. The van der Waals surface area contributed by atoms with E-state index >= 15 is 0 Å². The Kier molecular flexibility index (Phi) is 7.14. The lowest BCUT2D eigenvalue weighted by Crippen LogP contribution is -2.28. The molecule has 21 heavy (non-hydrogen) atoms. The molecule has 1 amide bonds. The standard InChI is InChI=1S/C18H27NOS/c1-2-3-4-5-6-7-8-9-14-17-18(20)19-15-12-10-11-13-16(15)21-17/h10-13,17H,2-9,14H2,1H3,(H,19,20). The van der Waals surface area contributed by atoms with Crippen molar-refractivity contribution >= 4 is 23.4 Å². The van der Waals surface area contributed by atoms with Crippen LogP contribution in [-0.2, 0) is 4.79 Å². The fourth-order valence-electron chi connectivity index (χ4n) is 2.75. The zero-order chi connectivity index (χ0) is 14.9. The number of para-hydroxylation sites is 1. The van der Waals surface area contributed by atoms with Crippen LogP contribution in [0.5, 0.6) is 0 Å². The fourth-order valence-corrected chi connectivity index (χ4v) is 3.91. The molecule has 2 rings (SSSR count). The summed E-state index contributed by atoms with van der Waals surface area (Å²) in [6.07, 6.45) is 11.5. The number of nitrogens with one attached hydrogen (secondary N) is 1. The van der Waals surface area contributed by atoms with Gasteiger partial charge in [-0.3, -0.25) is 4.79 Å². The first-order chi connectivity index (χ1) is 10.3. The molecule has 1 N–H and O–H groups in total. The molecule has 0 saturated heterocycles. The van der Waals surface area contributed by atoms with E-state index in [2.05, 4.69) is 18.3 Å². The second-order valence-corrected chi connectivity index (χ2v) is 7.10. The zero-order valence-corrected chi connectivity index (χ0v) is 13.9. The van der Waals surface area contributed by atoms with Gasteiger partial charge in [-0.1, -0.05) is 70.4 Å². The maximum absolute atomic E-state index is 12.1. The molecule has 0 bridgehead atoms. The quantitative estimate of drug-likeness (QED) is 0.599. The van der Waals surface area contributed by atoms with Crippen molar-refractivity contribution in [1.29, 1.82) is 0 Å². The van der Waals surface area contributed by atoms with Gasteiger partial charge in [0.2, 0.25) is 5.91 Å². The number of carbonyl (C=O) groups is 1. The Labute approximate surface area is 133 Å². The lowest BCUT2D eigenvalue weighted by Gasteiger charge is -2.23. The number of hydrogen-bond acceptors (Lipinski definition) is 2. The third-order valence-corrected chi connectivity index (χ3v) is 5.37. The van der Waals surface area contributed by atoms with Gasteiger partial charge in [0.25, 0.3) is 0 Å². The van der Waals surface area contributed by atoms with Gasteiger partial charge in [-0.15, -0.1) is 11.8 Å². The number of thioether (sulfide) groups is 1. The van der Waals surface area contributed by atoms with Crippen LogP contribution in [0.3, 0.4) is 0 Å². The van der Waals surface area contributed by atoms with Crippen molar-refractivity contribution < 1.29 is 4.79 Å². The van der Waals surface area contributed by atoms with E-state index in [1.807, 2.05) is 18.2 Å². The summed E-state index contributed by atoms with van der Waals surface area (Å²) >= 11 is 1.73. The van der Waals surface area contributed by atoms with E-state index in [1.165, 1.54) is 56.3 Å². The molecule has 0 saturated carbocycles. The molecule has 1 aliphatic rings. The van der Waals surface area contributed by atoms with Crippen LogP contribution in [0.15, 0.2) is 29.2 Å². The van der Waals surface area contributed by atoms with Gasteiger partial charge in [-0.2, -0.15) is 0 Å². The van der Waals surface area contributed by atoms with Gasteiger partial charge in [0.15, 0.2) is 0 Å². The summed E-state index contributed by atoms with van der Waals surface area (Å²) in [5, 5.41) is 3.12. The number of unbranched alkanes of at least 4 members (excludes halogenated alkanes) is 7. The van der Waals surface area contributed by atoms with Crippen molar-refractivity contribution in [1.82, 2.24) is 0 Å². The first-order valence-electron chi connectivity index (χ1n) is 8.38. The van der Waals surface area contributed by atoms with E-state index < -0.39 is 0 Å². The maximum atomic E-state index is 12.1. The Balaban J connectivity index is 1.62. The molecule has 3 heteroatoms. The van der Waals surface area contributed by atoms with Crippen LogP contribution < -0.4 is 5.32 Å². The largest absolute Gasteiger partial charge is 0.324 e. The van der Waals surface area contributed by atoms with Gasteiger partial charge < -0.3 is 5.32 Å². The van der Waals surface area contributed by atoms with Crippen LogP contribution in [0.4, 0.5) is 5.69 Å². The van der Waals surface area contributed by atoms with Crippen molar-refractivity contribution in [3.05, 3.63) is 24.3 Å². The van der Waals surface area contributed by atoms with E-state index in [0.717, 1.165) is 12.1 Å². The minimum absolute atomic E-state index is 0.0972. The van der Waals surface area contributed by atoms with Gasteiger partial charge >= 0.3 is 0 Å². The van der Waals surface area contributed by atoms with Crippen LogP contribution in [-0.4, -0.2) is 11.2 Å². The van der Waals surface area contributed by atoms with Crippen molar-refractivity contribution in [2.75, 3.05) is 5.32 Å². The molecule has 1 aliphatic heterocycles. The lowest BCUT2D eigenvalue weighted by molar-refractivity contribution is -0.115. The molecule has 0 fully saturated rings. The highest BCUT2D eigenvalue weighted by Crippen LogP contribution is 2.37. The number of anilines is 1. The highest BCUT2D eigenvalue weighted by atomic mass is 32.2. The number of benzene rings is 1. The number of amides is 1. The molecule has 0 aromatic heterocycles. The van der Waals surface area contributed by atoms with E-state index in [-0.39, 0.29) is 11.2 Å². The molecule has 1 heterocycles. The topological polar surface area (TPSA) is 29.1 Å². The third kappa shape index (κ3) is 5.39. The van der Waals surface area contributed by atoms with Crippen LogP contribution >= 0.6 is 11.8 Å². The SMILES string of the molecule is CCCCCCCCCCC1Sc2ccccc2NC1=O. The first-order valence-corrected chi connectivity index (χ1v) is 9.25. The van der Waals surface area contributed by atoms with E-state index in [9.17, 15) is 4.79 Å². The highest BCUT2D eigenvalue weighted by Gasteiger charge is 2.25. The number of hydrogen-bond donors (Lipinski definition) is 1. The first kappa shape index (κ1) is 16.4. The number of carbonyl (C=O) groups excluding carboxylic acids is 1. The summed E-state index contributed by atoms with van der Waals surface area (Å²) in [5.74, 6) is 0.182. The second-order valence-electron chi connectivity index (χ2n) is 5.86. The van der Waals surface area contributed by atoms with Gasteiger partial charge in [-0.05, 0) is 18.6 Å². The number of rotatable bonds is 9. The fraction of sp³-hybridized carbons (Fsp3) is 0.611. The average Bonchev–Trinajstić information content (AvgIpc) is 2.50. The van der Waals surface area contributed by atoms with Crippen LogP contribution in [0.1, 0.15) is 64.7 Å². The van der Waals surface area contributed by atoms with E-state index in [1.54, 1.807) is 11.8 Å². The van der Waals surface area contributed by atoms with Crippen LogP contribution in [0.25, 0.3) is 0 Å².